The smallest absolute Gasteiger partial charge is 0.691 e. The monoisotopic (exact) mass is 977 g/mol. The fourth-order valence-corrected chi connectivity index (χ4v) is 5.11. The largest absolute Gasteiger partial charge is 1.00 e. The van der Waals surface area contributed by atoms with Crippen molar-refractivity contribution in [2.75, 3.05) is 14.2 Å². The molecule has 0 saturated carbocycles. The Labute approximate surface area is 385 Å². The molecule has 0 aliphatic carbocycles. The van der Waals surface area contributed by atoms with Gasteiger partial charge >= 0.3 is 94.6 Å². The van der Waals surface area contributed by atoms with E-state index < -0.39 is 0 Å². The molecule has 13 nitrogen and oxygen atoms in total. The molecule has 0 bridgehead atoms. The molecule has 0 atom stereocenters. The van der Waals surface area contributed by atoms with Crippen molar-refractivity contribution in [2.24, 2.45) is 0 Å². The molecule has 0 aliphatic rings. The molecule has 3 rings (SSSR count). The summed E-state index contributed by atoms with van der Waals surface area (Å²) in [4.78, 5) is 25.0. The average molecular weight is 977 g/mol. The van der Waals surface area contributed by atoms with Crippen LogP contribution < -0.4 is 114 Å². The summed E-state index contributed by atoms with van der Waals surface area (Å²) in [6, 6.07) is 17.9. The molecule has 1 N–H and O–H groups in total. The first kappa shape index (κ1) is 54.1. The molecule has 0 saturated heterocycles. The van der Waals surface area contributed by atoms with Gasteiger partial charge < -0.3 is 25.8 Å². The van der Waals surface area contributed by atoms with Crippen molar-refractivity contribution in [3.63, 3.8) is 0 Å². The molecular formula is C27H28I2NNa3O12S3. The first-order valence-corrected chi connectivity index (χ1v) is 17.7. The Morgan fingerprint density at radius 3 is 1.58 bits per heavy atom. The Hall–Kier alpha value is 1.75. The second-order valence-electron chi connectivity index (χ2n) is 8.28. The molecule has 21 heteroatoms. The third kappa shape index (κ3) is 25.7. The molecular weight excluding hydrogens is 949 g/mol. The van der Waals surface area contributed by atoms with Gasteiger partial charge in [-0.1, -0.05) is 62.9 Å². The Morgan fingerprint density at radius 1 is 0.667 bits per heavy atom. The Balaban J connectivity index is -0.000000627. The van der Waals surface area contributed by atoms with Crippen LogP contribution in [0.3, 0.4) is 0 Å². The maximum Gasteiger partial charge on any atom is 1.00 e. The minimum Gasteiger partial charge on any atom is -0.691 e. The van der Waals surface area contributed by atoms with Gasteiger partial charge in [-0.3, -0.25) is 24.7 Å². The van der Waals surface area contributed by atoms with Crippen LogP contribution in [0.1, 0.15) is 29.5 Å². The Bertz CT molecular complexity index is 1240. The Kier molecular flexibility index (Phi) is 38.9. The number of carbonyl (C=O) groups is 2. The molecule has 248 valence electrons. The molecule has 0 unspecified atom stereocenters. The van der Waals surface area contributed by atoms with E-state index >= 15 is 0 Å². The fourth-order valence-electron chi connectivity index (χ4n) is 2.92. The Morgan fingerprint density at radius 2 is 1.12 bits per heavy atom. The van der Waals surface area contributed by atoms with Crippen molar-refractivity contribution < 1.29 is 147 Å². The topological polar surface area (TPSA) is 180 Å². The molecule has 3 aromatic rings. The van der Waals surface area contributed by atoms with Gasteiger partial charge in [-0.15, -0.1) is 0 Å². The number of halogens is 2. The van der Waals surface area contributed by atoms with Gasteiger partial charge in [-0.2, -0.15) is 13.0 Å². The van der Waals surface area contributed by atoms with E-state index in [-0.39, 0.29) is 101 Å². The van der Waals surface area contributed by atoms with E-state index in [1.807, 2.05) is 38.1 Å². The van der Waals surface area contributed by atoms with E-state index in [9.17, 15) is 25.4 Å². The molecule has 0 aromatic heterocycles. The standard InChI is InChI=1S/C10H12INO4S.C10H11IO5S.C7H8O3S.3Na/c1-7-6-8(17-16-15-14)2-3-9(7)12-10(13)4-5-11;1-7-6-8(17-16-15-13)2-3-9(7)14-10(12)4-5-11;1-6-2-4-7(5-3-6)11-10-9-8;;;/h2-3,6,14H,4-5H2,1H3,(H,12,13);2-3,6,13H,4-5H2,1H3;2-5,8H,1H3;;;/q;;;3*+1/p-3. The van der Waals surface area contributed by atoms with Crippen LogP contribution in [-0.2, 0) is 37.7 Å². The van der Waals surface area contributed by atoms with Gasteiger partial charge in [0.1, 0.15) is 5.75 Å². The quantitative estimate of drug-likeness (QED) is 0.0229. The van der Waals surface area contributed by atoms with Gasteiger partial charge in [0.25, 0.3) is 0 Å². The van der Waals surface area contributed by atoms with Crippen molar-refractivity contribution in [2.45, 2.75) is 48.3 Å². The minimum atomic E-state index is -0.262. The molecule has 0 spiro atoms. The first-order chi connectivity index (χ1) is 21.7. The van der Waals surface area contributed by atoms with Gasteiger partial charge in [0.15, 0.2) is 0 Å². The van der Waals surface area contributed by atoms with Gasteiger partial charge in [-0.05, 0) is 80.4 Å². The number of hydrogen-bond donors (Lipinski definition) is 1. The molecule has 0 radical (unpaired) electrons. The predicted octanol–water partition coefficient (Wildman–Crippen LogP) is -3.82. The van der Waals surface area contributed by atoms with Gasteiger partial charge in [0, 0.05) is 35.6 Å². The fraction of sp³-hybridized carbons (Fsp3) is 0.259. The number of esters is 1. The van der Waals surface area contributed by atoms with Crippen LogP contribution in [-0.4, -0.2) is 20.7 Å². The van der Waals surface area contributed by atoms with Crippen LogP contribution in [0.15, 0.2) is 75.4 Å². The van der Waals surface area contributed by atoms with E-state index in [2.05, 4.69) is 78.6 Å². The van der Waals surface area contributed by atoms with Crippen molar-refractivity contribution in [3.8, 4) is 5.75 Å². The number of anilines is 1. The van der Waals surface area contributed by atoms with Crippen LogP contribution in [0.4, 0.5) is 5.69 Å². The molecule has 0 aliphatic heterocycles. The van der Waals surface area contributed by atoms with E-state index in [0.717, 1.165) is 77.2 Å². The number of aryl methyl sites for hydroxylation is 3. The average Bonchev–Trinajstić information content (AvgIpc) is 3.02. The number of benzene rings is 3. The van der Waals surface area contributed by atoms with Crippen molar-refractivity contribution in [1.29, 1.82) is 0 Å². The van der Waals surface area contributed by atoms with Crippen molar-refractivity contribution >= 4 is 98.9 Å². The van der Waals surface area contributed by atoms with Gasteiger partial charge in [-0.25, -0.2) is 0 Å². The van der Waals surface area contributed by atoms with Crippen molar-refractivity contribution in [1.82, 2.24) is 0 Å². The summed E-state index contributed by atoms with van der Waals surface area (Å²) in [7, 11) is 0. The second-order valence-corrected chi connectivity index (χ2v) is 12.8. The van der Waals surface area contributed by atoms with Crippen LogP contribution in [0.2, 0.25) is 0 Å². The minimum absolute atomic E-state index is 0. The number of ether oxygens (including phenoxy) is 1. The number of hydrogen-bond acceptors (Lipinski definition) is 15. The van der Waals surface area contributed by atoms with Crippen LogP contribution in [0.5, 0.6) is 5.75 Å². The number of rotatable bonds is 15. The summed E-state index contributed by atoms with van der Waals surface area (Å²) in [5.41, 5.74) is 3.60. The number of amides is 1. The summed E-state index contributed by atoms with van der Waals surface area (Å²) in [5.74, 6) is 0.233. The predicted molar refractivity (Wildman–Crippen MR) is 179 cm³/mol. The molecule has 0 heterocycles. The first-order valence-electron chi connectivity index (χ1n) is 12.5. The zero-order valence-electron chi connectivity index (χ0n) is 27.0. The van der Waals surface area contributed by atoms with Gasteiger partial charge in [0.2, 0.25) is 5.91 Å². The molecule has 1 amide bonds. The summed E-state index contributed by atoms with van der Waals surface area (Å²) in [6.45, 7) is 5.65. The molecule has 3 aromatic carbocycles. The second kappa shape index (κ2) is 34.5. The van der Waals surface area contributed by atoms with Crippen LogP contribution in [0, 0.1) is 20.8 Å². The number of nitrogens with one attached hydrogen (secondary N) is 1. The number of carbonyl (C=O) groups excluding carboxylic acids is 2. The zero-order valence-corrected chi connectivity index (χ0v) is 39.7. The van der Waals surface area contributed by atoms with Crippen LogP contribution >= 0.6 is 81.3 Å². The van der Waals surface area contributed by atoms with E-state index in [4.69, 9.17) is 4.74 Å². The summed E-state index contributed by atoms with van der Waals surface area (Å²) < 4.78 is 19.2. The maximum atomic E-state index is 11.4. The molecule has 48 heavy (non-hydrogen) atoms. The van der Waals surface area contributed by atoms with E-state index in [1.165, 1.54) is 0 Å². The SMILES string of the molecule is Cc1cc(SOO[O-])ccc1NC(=O)CCI.Cc1cc(SOO[O-])ccc1OC(=O)CCI.Cc1ccc(SOO[O-])cc1.[Na+].[Na+].[Na+]. The van der Waals surface area contributed by atoms with E-state index in [0.29, 0.717) is 23.5 Å². The zero-order chi connectivity index (χ0) is 33.5. The number of alkyl halides is 2. The van der Waals surface area contributed by atoms with Gasteiger partial charge in [0.05, 0.1) is 42.5 Å². The summed E-state index contributed by atoms with van der Waals surface area (Å²) in [5, 5.41) is 41.2. The van der Waals surface area contributed by atoms with E-state index in [1.54, 1.807) is 43.3 Å². The maximum absolute atomic E-state index is 11.4. The summed E-state index contributed by atoms with van der Waals surface area (Å²) >= 11 is 6.77. The van der Waals surface area contributed by atoms with Crippen molar-refractivity contribution in [3.05, 3.63) is 77.4 Å². The third-order valence-electron chi connectivity index (χ3n) is 4.96. The summed E-state index contributed by atoms with van der Waals surface area (Å²) in [6.07, 6.45) is 0.868. The molecule has 0 fully saturated rings. The van der Waals surface area contributed by atoms with Crippen LogP contribution in [0.25, 0.3) is 0 Å². The normalized spacial score (nSPS) is 9.58. The third-order valence-corrected chi connectivity index (χ3v) is 7.76.